The van der Waals surface area contributed by atoms with Crippen molar-refractivity contribution in [3.8, 4) is 0 Å². The summed E-state index contributed by atoms with van der Waals surface area (Å²) in [7, 11) is 1.39. The van der Waals surface area contributed by atoms with Gasteiger partial charge in [-0.15, -0.1) is 0 Å². The largest absolute Gasteiger partial charge is 0.466 e. The van der Waals surface area contributed by atoms with Crippen molar-refractivity contribution in [2.45, 2.75) is 78.7 Å². The number of ether oxygens (including phenoxy) is 2. The molecule has 3 saturated carbocycles. The van der Waals surface area contributed by atoms with E-state index in [4.69, 9.17) is 9.47 Å². The van der Waals surface area contributed by atoms with E-state index in [0.29, 0.717) is 30.0 Å². The number of methoxy groups -OCH3 is 1. The van der Waals surface area contributed by atoms with Gasteiger partial charge < -0.3 is 9.47 Å². The van der Waals surface area contributed by atoms with Crippen LogP contribution < -0.4 is 0 Å². The molecule has 0 aromatic heterocycles. The molecule has 0 bridgehead atoms. The second-order valence-corrected chi connectivity index (χ2v) is 11.2. The summed E-state index contributed by atoms with van der Waals surface area (Å²) in [6, 6.07) is 0. The summed E-state index contributed by atoms with van der Waals surface area (Å²) < 4.78 is 10.3. The molecule has 0 aromatic carbocycles. The summed E-state index contributed by atoms with van der Waals surface area (Å²) in [5.41, 5.74) is 1.19. The lowest BCUT2D eigenvalue weighted by Gasteiger charge is -2.60. The number of ketones is 1. The Morgan fingerprint density at radius 1 is 1.22 bits per heavy atom. The Kier molecular flexibility index (Phi) is 6.15. The van der Waals surface area contributed by atoms with E-state index >= 15 is 0 Å². The van der Waals surface area contributed by atoms with Crippen LogP contribution in [0.3, 0.4) is 0 Å². The van der Waals surface area contributed by atoms with Gasteiger partial charge in [0.2, 0.25) is 0 Å². The summed E-state index contributed by atoms with van der Waals surface area (Å²) in [6.45, 7) is 8.22. The summed E-state index contributed by atoms with van der Waals surface area (Å²) in [6.07, 6.45) is 12.3. The third-order valence-electron chi connectivity index (χ3n) is 9.49. The Labute approximate surface area is 192 Å². The van der Waals surface area contributed by atoms with E-state index in [0.717, 1.165) is 38.5 Å². The van der Waals surface area contributed by atoms with E-state index in [-0.39, 0.29) is 40.7 Å². The normalized spacial score (nSPS) is 41.8. The lowest BCUT2D eigenvalue weighted by molar-refractivity contribution is -0.166. The van der Waals surface area contributed by atoms with Gasteiger partial charge in [0.25, 0.3) is 0 Å². The van der Waals surface area contributed by atoms with Gasteiger partial charge in [-0.3, -0.25) is 9.59 Å². The Morgan fingerprint density at radius 2 is 1.97 bits per heavy atom. The molecule has 8 atom stereocenters. The van der Waals surface area contributed by atoms with Crippen LogP contribution in [-0.2, 0) is 23.9 Å². The molecule has 4 aliphatic rings. The second kappa shape index (κ2) is 8.46. The summed E-state index contributed by atoms with van der Waals surface area (Å²) in [4.78, 5) is 36.8. The standard InChI is InChI=1S/C27H38O5/c1-16(6-11-24(30)31-5)21-9-10-22-20-8-7-18-14-19(32-17(2)28)12-13-26(18,3)25(20)23(29)15-27(21,22)4/h6,9,11,16,18-20,22,25H,7-8,10,12-15H2,1-5H3/b11-6+/t16-,18-,19?,20?,22?,25?,26+,27-/m1/s1. The zero-order valence-electron chi connectivity index (χ0n) is 20.2. The highest BCUT2D eigenvalue weighted by molar-refractivity contribution is 5.85. The van der Waals surface area contributed by atoms with Gasteiger partial charge in [0.15, 0.2) is 0 Å². The SMILES string of the molecule is COC(=O)/C=C/[C@@H](C)C1=CCC2C3CC[C@@H]4CC(OC(C)=O)CC[C@]4(C)C3C(=O)C[C@]12C. The maximum Gasteiger partial charge on any atom is 0.330 e. The second-order valence-electron chi connectivity index (χ2n) is 11.2. The van der Waals surface area contributed by atoms with E-state index in [9.17, 15) is 14.4 Å². The van der Waals surface area contributed by atoms with Crippen LogP contribution in [0, 0.1) is 40.4 Å². The van der Waals surface area contributed by atoms with Crippen LogP contribution in [-0.4, -0.2) is 30.9 Å². The van der Waals surface area contributed by atoms with Gasteiger partial charge >= 0.3 is 11.9 Å². The van der Waals surface area contributed by atoms with E-state index in [1.165, 1.54) is 25.7 Å². The first-order valence-electron chi connectivity index (χ1n) is 12.3. The monoisotopic (exact) mass is 442 g/mol. The van der Waals surface area contributed by atoms with Crippen LogP contribution in [0.15, 0.2) is 23.8 Å². The minimum Gasteiger partial charge on any atom is -0.466 e. The number of hydrogen-bond acceptors (Lipinski definition) is 5. The van der Waals surface area contributed by atoms with Crippen LogP contribution in [0.4, 0.5) is 0 Å². The van der Waals surface area contributed by atoms with Gasteiger partial charge in [-0.1, -0.05) is 38.5 Å². The Balaban J connectivity index is 1.54. The highest BCUT2D eigenvalue weighted by atomic mass is 16.5. The van der Waals surface area contributed by atoms with Crippen molar-refractivity contribution < 1.29 is 23.9 Å². The smallest absolute Gasteiger partial charge is 0.330 e. The molecule has 0 aromatic rings. The van der Waals surface area contributed by atoms with Crippen molar-refractivity contribution in [1.82, 2.24) is 0 Å². The predicted octanol–water partition coefficient (Wildman–Crippen LogP) is 5.04. The van der Waals surface area contributed by atoms with E-state index in [1.54, 1.807) is 0 Å². The Bertz CT molecular complexity index is 856. The number of carbonyl (C=O) groups excluding carboxylic acids is 3. The quantitative estimate of drug-likeness (QED) is 0.346. The first-order valence-corrected chi connectivity index (χ1v) is 12.3. The number of fused-ring (bicyclic) bond motifs is 5. The molecular formula is C27H38O5. The maximum atomic E-state index is 13.8. The third kappa shape index (κ3) is 3.76. The molecular weight excluding hydrogens is 404 g/mol. The minimum atomic E-state index is -0.340. The van der Waals surface area contributed by atoms with Gasteiger partial charge in [-0.2, -0.15) is 0 Å². The average molecular weight is 443 g/mol. The van der Waals surface area contributed by atoms with E-state index < -0.39 is 0 Å². The highest BCUT2D eigenvalue weighted by Gasteiger charge is 2.62. The fraction of sp³-hybridized carbons (Fsp3) is 0.741. The summed E-state index contributed by atoms with van der Waals surface area (Å²) in [5, 5.41) is 0. The Hall–Kier alpha value is -1.91. The molecule has 0 heterocycles. The van der Waals surface area contributed by atoms with Crippen LogP contribution in [0.1, 0.15) is 72.6 Å². The van der Waals surface area contributed by atoms with Crippen molar-refractivity contribution >= 4 is 17.7 Å². The molecule has 176 valence electrons. The molecule has 4 unspecified atom stereocenters. The van der Waals surface area contributed by atoms with Crippen molar-refractivity contribution in [3.05, 3.63) is 23.8 Å². The van der Waals surface area contributed by atoms with Gasteiger partial charge in [0.05, 0.1) is 7.11 Å². The number of carbonyl (C=O) groups is 3. The van der Waals surface area contributed by atoms with Crippen molar-refractivity contribution in [2.75, 3.05) is 7.11 Å². The minimum absolute atomic E-state index is 0.00767. The lowest BCUT2D eigenvalue weighted by Crippen LogP contribution is -2.57. The van der Waals surface area contributed by atoms with Gasteiger partial charge in [-0.05, 0) is 73.0 Å². The third-order valence-corrected chi connectivity index (χ3v) is 9.49. The van der Waals surface area contributed by atoms with Crippen molar-refractivity contribution in [3.63, 3.8) is 0 Å². The van der Waals surface area contributed by atoms with Crippen LogP contribution in [0.2, 0.25) is 0 Å². The molecule has 5 heteroatoms. The first-order chi connectivity index (χ1) is 15.1. The topological polar surface area (TPSA) is 69.7 Å². The first kappa shape index (κ1) is 23.3. The highest BCUT2D eigenvalue weighted by Crippen LogP contribution is 2.66. The van der Waals surface area contributed by atoms with Crippen molar-refractivity contribution in [1.29, 1.82) is 0 Å². The van der Waals surface area contributed by atoms with Gasteiger partial charge in [0.1, 0.15) is 11.9 Å². The molecule has 0 N–H and O–H groups in total. The van der Waals surface area contributed by atoms with Gasteiger partial charge in [-0.25, -0.2) is 4.79 Å². The fourth-order valence-electron chi connectivity index (χ4n) is 8.08. The van der Waals surface area contributed by atoms with Crippen molar-refractivity contribution in [2.24, 2.45) is 40.4 Å². The summed E-state index contributed by atoms with van der Waals surface area (Å²) >= 11 is 0. The fourth-order valence-corrected chi connectivity index (χ4v) is 8.08. The number of Topliss-reactive ketones (excluding diaryl/α,β-unsaturated/α-hetero) is 1. The molecule has 32 heavy (non-hydrogen) atoms. The number of allylic oxidation sites excluding steroid dienone is 3. The van der Waals surface area contributed by atoms with Crippen LogP contribution in [0.5, 0.6) is 0 Å². The van der Waals surface area contributed by atoms with E-state index in [2.05, 4.69) is 26.8 Å². The molecule has 4 aliphatic carbocycles. The van der Waals surface area contributed by atoms with Gasteiger partial charge in [0, 0.05) is 25.3 Å². The number of hydrogen-bond donors (Lipinski definition) is 0. The zero-order valence-corrected chi connectivity index (χ0v) is 20.2. The number of esters is 2. The predicted molar refractivity (Wildman–Crippen MR) is 121 cm³/mol. The number of rotatable bonds is 4. The molecule has 4 rings (SSSR count). The zero-order chi connectivity index (χ0) is 23.3. The molecule has 0 spiro atoms. The van der Waals surface area contributed by atoms with Crippen LogP contribution >= 0.6 is 0 Å². The molecule has 3 fully saturated rings. The van der Waals surface area contributed by atoms with Crippen LogP contribution in [0.25, 0.3) is 0 Å². The molecule has 5 nitrogen and oxygen atoms in total. The molecule has 0 amide bonds. The maximum absolute atomic E-state index is 13.8. The molecule has 0 aliphatic heterocycles. The summed E-state index contributed by atoms with van der Waals surface area (Å²) in [5.74, 6) is 1.46. The van der Waals surface area contributed by atoms with E-state index in [1.807, 2.05) is 6.08 Å². The Morgan fingerprint density at radius 3 is 2.66 bits per heavy atom. The molecule has 0 radical (unpaired) electrons. The molecule has 0 saturated heterocycles. The lowest BCUT2D eigenvalue weighted by atomic mass is 9.44. The average Bonchev–Trinajstić information content (AvgIpc) is 3.07.